The molecular weight excluding hydrogens is 296 g/mol. The molecule has 1 atom stereocenters. The van der Waals surface area contributed by atoms with Crippen LogP contribution in [0.3, 0.4) is 0 Å². The van der Waals surface area contributed by atoms with E-state index in [1.54, 1.807) is 12.1 Å². The van der Waals surface area contributed by atoms with Gasteiger partial charge in [-0.2, -0.15) is 0 Å². The normalized spacial score (nSPS) is 20.8. The van der Waals surface area contributed by atoms with Gasteiger partial charge in [0.05, 0.1) is 11.4 Å². The maximum absolute atomic E-state index is 11.9. The van der Waals surface area contributed by atoms with E-state index in [1.165, 1.54) is 12.1 Å². The molecule has 1 aliphatic heterocycles. The fraction of sp³-hybridized carbons (Fsp3) is 0.222. The number of nitrogens with zero attached hydrogens (tertiary/aromatic N) is 1. The molecule has 1 aliphatic rings. The molecule has 1 fully saturated rings. The molecule has 0 aromatic heterocycles. The summed E-state index contributed by atoms with van der Waals surface area (Å²) in [4.78, 5) is 11.4. The Morgan fingerprint density at radius 3 is 2.31 bits per heavy atom. The van der Waals surface area contributed by atoms with E-state index in [0.717, 1.165) is 8.78 Å². The van der Waals surface area contributed by atoms with Crippen molar-refractivity contribution in [3.05, 3.63) is 28.7 Å². The Balaban J connectivity index is 2.33. The smallest absolute Gasteiger partial charge is 0.266 e. The number of benzene rings is 1. The third kappa shape index (κ3) is 1.74. The summed E-state index contributed by atoms with van der Waals surface area (Å²) < 4.78 is 25.4. The molecule has 2 rings (SSSR count). The van der Waals surface area contributed by atoms with Gasteiger partial charge in [-0.15, -0.1) is 0 Å². The van der Waals surface area contributed by atoms with E-state index in [9.17, 15) is 13.2 Å². The molecule has 7 heteroatoms. The molecule has 2 N–H and O–H groups in total. The zero-order valence-electron chi connectivity index (χ0n) is 8.13. The van der Waals surface area contributed by atoms with E-state index in [0.29, 0.717) is 0 Å². The van der Waals surface area contributed by atoms with Gasteiger partial charge in [0.2, 0.25) is 0 Å². The average Bonchev–Trinajstić information content (AvgIpc) is 2.25. The van der Waals surface area contributed by atoms with Crippen LogP contribution in [0.4, 0.5) is 0 Å². The third-order valence-corrected chi connectivity index (χ3v) is 4.63. The van der Waals surface area contributed by atoms with E-state index >= 15 is 0 Å². The fourth-order valence-electron chi connectivity index (χ4n) is 1.37. The Bertz CT molecular complexity index is 526. The second-order valence-corrected chi connectivity index (χ2v) is 6.21. The van der Waals surface area contributed by atoms with Crippen LogP contribution >= 0.6 is 15.9 Å². The predicted molar refractivity (Wildman–Crippen MR) is 61.0 cm³/mol. The van der Waals surface area contributed by atoms with E-state index < -0.39 is 22.0 Å². The van der Waals surface area contributed by atoms with Crippen molar-refractivity contribution < 1.29 is 13.2 Å². The summed E-state index contributed by atoms with van der Waals surface area (Å²) in [7, 11) is -3.72. The van der Waals surface area contributed by atoms with Crippen LogP contribution in [0, 0.1) is 0 Å². The molecule has 1 amide bonds. The van der Waals surface area contributed by atoms with Crippen molar-refractivity contribution in [3.8, 4) is 0 Å². The molecule has 5 nitrogen and oxygen atoms in total. The second-order valence-electron chi connectivity index (χ2n) is 3.43. The Labute approximate surface area is 101 Å². The number of carbonyl (C=O) groups excluding carboxylic acids is 1. The highest BCUT2D eigenvalue weighted by Crippen LogP contribution is 2.23. The van der Waals surface area contributed by atoms with Crippen LogP contribution in [0.1, 0.15) is 0 Å². The van der Waals surface area contributed by atoms with Crippen molar-refractivity contribution in [2.45, 2.75) is 10.9 Å². The van der Waals surface area contributed by atoms with Gasteiger partial charge >= 0.3 is 0 Å². The molecule has 0 aliphatic carbocycles. The molecular formula is C9H9BrN2O3S. The summed E-state index contributed by atoms with van der Waals surface area (Å²) >= 11 is 3.21. The van der Waals surface area contributed by atoms with Gasteiger partial charge < -0.3 is 5.73 Å². The molecule has 86 valence electrons. The van der Waals surface area contributed by atoms with Gasteiger partial charge in [0, 0.05) is 4.47 Å². The molecule has 0 saturated carbocycles. The Morgan fingerprint density at radius 2 is 1.88 bits per heavy atom. The zero-order valence-corrected chi connectivity index (χ0v) is 10.5. The van der Waals surface area contributed by atoms with E-state index in [4.69, 9.17) is 5.73 Å². The number of amides is 1. The maximum Gasteiger partial charge on any atom is 0.266 e. The highest BCUT2D eigenvalue weighted by molar-refractivity contribution is 9.10. The number of β-lactam (4-membered cyclic amide) rings is 1. The topological polar surface area (TPSA) is 80.5 Å². The first-order valence-electron chi connectivity index (χ1n) is 4.50. The van der Waals surface area contributed by atoms with Gasteiger partial charge in [0.25, 0.3) is 15.9 Å². The van der Waals surface area contributed by atoms with Crippen molar-refractivity contribution >= 4 is 31.9 Å². The Hall–Kier alpha value is -0.920. The predicted octanol–water partition coefficient (Wildman–Crippen LogP) is 0.307. The van der Waals surface area contributed by atoms with Crippen LogP contribution in [-0.4, -0.2) is 31.2 Å². The summed E-state index contributed by atoms with van der Waals surface area (Å²) in [5, 5.41) is 0. The highest BCUT2D eigenvalue weighted by Gasteiger charge is 2.42. The molecule has 16 heavy (non-hydrogen) atoms. The van der Waals surface area contributed by atoms with Crippen molar-refractivity contribution in [1.82, 2.24) is 4.31 Å². The monoisotopic (exact) mass is 304 g/mol. The highest BCUT2D eigenvalue weighted by atomic mass is 79.9. The van der Waals surface area contributed by atoms with Gasteiger partial charge in [0.1, 0.15) is 6.04 Å². The molecule has 1 saturated heterocycles. The van der Waals surface area contributed by atoms with E-state index in [2.05, 4.69) is 15.9 Å². The summed E-state index contributed by atoms with van der Waals surface area (Å²) in [6, 6.07) is 5.41. The van der Waals surface area contributed by atoms with Crippen molar-refractivity contribution in [1.29, 1.82) is 0 Å². The molecule has 1 aromatic carbocycles. The number of hydrogen-bond donors (Lipinski definition) is 1. The number of rotatable bonds is 2. The van der Waals surface area contributed by atoms with Crippen molar-refractivity contribution in [2.75, 3.05) is 6.54 Å². The first kappa shape index (κ1) is 11.6. The number of sulfonamides is 1. The first-order valence-corrected chi connectivity index (χ1v) is 6.74. The first-order chi connectivity index (χ1) is 7.43. The lowest BCUT2D eigenvalue weighted by molar-refractivity contribution is -0.135. The molecule has 0 radical (unpaired) electrons. The van der Waals surface area contributed by atoms with Gasteiger partial charge in [-0.1, -0.05) is 15.9 Å². The second kappa shape index (κ2) is 3.83. The van der Waals surface area contributed by atoms with Gasteiger partial charge in [-0.05, 0) is 24.3 Å². The fourth-order valence-corrected chi connectivity index (χ4v) is 3.10. The van der Waals surface area contributed by atoms with Crippen molar-refractivity contribution in [2.24, 2.45) is 5.73 Å². The average molecular weight is 305 g/mol. The Morgan fingerprint density at radius 1 is 1.31 bits per heavy atom. The molecule has 0 bridgehead atoms. The van der Waals surface area contributed by atoms with Gasteiger partial charge in [-0.3, -0.25) is 4.79 Å². The summed E-state index contributed by atoms with van der Waals surface area (Å²) in [6.45, 7) is 0.0528. The minimum Gasteiger partial charge on any atom is -0.318 e. The summed E-state index contributed by atoms with van der Waals surface area (Å²) in [5.74, 6) is -0.553. The quantitative estimate of drug-likeness (QED) is 0.797. The number of halogens is 1. The van der Waals surface area contributed by atoms with Crippen LogP contribution in [0.15, 0.2) is 33.6 Å². The van der Waals surface area contributed by atoms with Crippen LogP contribution in [0.5, 0.6) is 0 Å². The number of nitrogens with two attached hydrogens (primary N) is 1. The van der Waals surface area contributed by atoms with Gasteiger partial charge in [-0.25, -0.2) is 12.7 Å². The Kier molecular flexibility index (Phi) is 2.77. The third-order valence-electron chi connectivity index (χ3n) is 2.33. The van der Waals surface area contributed by atoms with E-state index in [1.807, 2.05) is 0 Å². The lowest BCUT2D eigenvalue weighted by Crippen LogP contribution is -2.62. The van der Waals surface area contributed by atoms with Crippen LogP contribution < -0.4 is 5.73 Å². The molecule has 0 unspecified atom stereocenters. The van der Waals surface area contributed by atoms with Crippen LogP contribution in [0.25, 0.3) is 0 Å². The zero-order chi connectivity index (χ0) is 11.9. The largest absolute Gasteiger partial charge is 0.318 e. The lowest BCUT2D eigenvalue weighted by atomic mass is 10.2. The number of carbonyl (C=O) groups is 1. The summed E-state index contributed by atoms with van der Waals surface area (Å²) in [5.41, 5.74) is 5.35. The van der Waals surface area contributed by atoms with Crippen LogP contribution in [0.2, 0.25) is 0 Å². The minimum absolute atomic E-state index is 0.0528. The van der Waals surface area contributed by atoms with Gasteiger partial charge in [0.15, 0.2) is 0 Å². The maximum atomic E-state index is 11.9. The minimum atomic E-state index is -3.72. The lowest BCUT2D eigenvalue weighted by Gasteiger charge is -2.34. The van der Waals surface area contributed by atoms with Crippen LogP contribution in [-0.2, 0) is 14.8 Å². The molecule has 1 heterocycles. The SMILES string of the molecule is N[C@@H]1CN(S(=O)(=O)c2ccc(Br)cc2)C1=O. The molecule has 0 spiro atoms. The summed E-state index contributed by atoms with van der Waals surface area (Å²) in [6.07, 6.45) is 0. The molecule has 1 aromatic rings. The standard InChI is InChI=1S/C9H9BrN2O3S/c10-6-1-3-7(4-2-6)16(14,15)12-5-8(11)9(12)13/h1-4,8H,5,11H2/t8-/m1/s1. The van der Waals surface area contributed by atoms with E-state index in [-0.39, 0.29) is 11.4 Å². The number of hydrogen-bond acceptors (Lipinski definition) is 4. The van der Waals surface area contributed by atoms with Crippen molar-refractivity contribution in [3.63, 3.8) is 0 Å².